The van der Waals surface area contributed by atoms with E-state index in [1.165, 1.54) is 18.9 Å². The van der Waals surface area contributed by atoms with Gasteiger partial charge < -0.3 is 10.1 Å². The van der Waals surface area contributed by atoms with Crippen LogP contribution in [-0.4, -0.2) is 52.0 Å². The van der Waals surface area contributed by atoms with E-state index < -0.39 is 40.3 Å². The van der Waals surface area contributed by atoms with Gasteiger partial charge in [-0.3, -0.25) is 4.79 Å². The lowest BCUT2D eigenvalue weighted by Crippen LogP contribution is -2.46. The van der Waals surface area contributed by atoms with Gasteiger partial charge in [-0.15, -0.1) is 0 Å². The van der Waals surface area contributed by atoms with Crippen molar-refractivity contribution in [2.45, 2.75) is 17.4 Å². The van der Waals surface area contributed by atoms with Crippen molar-refractivity contribution in [3.63, 3.8) is 0 Å². The van der Waals surface area contributed by atoms with Gasteiger partial charge in [0.25, 0.3) is 0 Å². The number of amides is 1. The summed E-state index contributed by atoms with van der Waals surface area (Å²) in [5.41, 5.74) is 0. The molecule has 10 heteroatoms. The van der Waals surface area contributed by atoms with Crippen molar-refractivity contribution in [1.29, 1.82) is 0 Å². The van der Waals surface area contributed by atoms with Crippen LogP contribution in [0.1, 0.15) is 6.42 Å². The van der Waals surface area contributed by atoms with E-state index in [4.69, 9.17) is 0 Å². The predicted molar refractivity (Wildman–Crippen MR) is 88.5 cm³/mol. The minimum atomic E-state index is -3.95. The maximum absolute atomic E-state index is 12.8. The standard InChI is InChI=1S/C14H19FN2O5S2/c1-22-14(19)12(7-8-23-2)17-13(18)9-16-24(20,21)11-5-3-10(15)4-6-11/h3-6,12,16H,7-9H2,1-2H3,(H,17,18)/t12-/m0/s1. The average Bonchev–Trinajstić information content (AvgIpc) is 2.56. The molecule has 0 aliphatic rings. The van der Waals surface area contributed by atoms with E-state index in [1.807, 2.05) is 6.26 Å². The molecule has 1 aromatic carbocycles. The van der Waals surface area contributed by atoms with Crippen LogP contribution in [0.15, 0.2) is 29.2 Å². The Balaban J connectivity index is 2.63. The number of nitrogens with one attached hydrogen (secondary N) is 2. The summed E-state index contributed by atoms with van der Waals surface area (Å²) in [5, 5.41) is 2.42. The summed E-state index contributed by atoms with van der Waals surface area (Å²) in [6.45, 7) is -0.549. The maximum atomic E-state index is 12.8. The van der Waals surface area contributed by atoms with Crippen molar-refractivity contribution < 1.29 is 27.1 Å². The number of ether oxygens (including phenoxy) is 1. The van der Waals surface area contributed by atoms with Gasteiger partial charge in [-0.2, -0.15) is 11.8 Å². The Labute approximate surface area is 144 Å². The van der Waals surface area contributed by atoms with Crippen LogP contribution in [0.5, 0.6) is 0 Å². The molecular weight excluding hydrogens is 359 g/mol. The minimum absolute atomic E-state index is 0.163. The molecule has 0 fully saturated rings. The normalized spacial score (nSPS) is 12.5. The fourth-order valence-electron chi connectivity index (χ4n) is 1.73. The first kappa shape index (κ1) is 20.4. The van der Waals surface area contributed by atoms with Crippen LogP contribution >= 0.6 is 11.8 Å². The first-order valence-electron chi connectivity index (χ1n) is 6.91. The SMILES string of the molecule is COC(=O)[C@H](CCSC)NC(=O)CNS(=O)(=O)c1ccc(F)cc1. The van der Waals surface area contributed by atoms with E-state index in [9.17, 15) is 22.4 Å². The number of halogens is 1. The number of carbonyl (C=O) groups is 2. The van der Waals surface area contributed by atoms with E-state index in [-0.39, 0.29) is 4.90 Å². The zero-order chi connectivity index (χ0) is 18.2. The summed E-state index contributed by atoms with van der Waals surface area (Å²) in [5.74, 6) is -1.21. The highest BCUT2D eigenvalue weighted by Gasteiger charge is 2.22. The summed E-state index contributed by atoms with van der Waals surface area (Å²) in [4.78, 5) is 23.3. The van der Waals surface area contributed by atoms with Crippen LogP contribution in [0.2, 0.25) is 0 Å². The Kier molecular flexibility index (Phi) is 8.16. The minimum Gasteiger partial charge on any atom is -0.467 e. The highest BCUT2D eigenvalue weighted by molar-refractivity contribution is 7.98. The highest BCUT2D eigenvalue weighted by atomic mass is 32.2. The lowest BCUT2D eigenvalue weighted by Gasteiger charge is -2.16. The number of esters is 1. The molecular formula is C14H19FN2O5S2. The second-order valence-electron chi connectivity index (χ2n) is 4.70. The summed E-state index contributed by atoms with van der Waals surface area (Å²) in [7, 11) is -2.74. The summed E-state index contributed by atoms with van der Waals surface area (Å²) in [6, 6.07) is 3.34. The van der Waals surface area contributed by atoms with Gasteiger partial charge in [0, 0.05) is 0 Å². The van der Waals surface area contributed by atoms with Crippen LogP contribution < -0.4 is 10.0 Å². The molecule has 0 aliphatic carbocycles. The lowest BCUT2D eigenvalue weighted by molar-refractivity contribution is -0.145. The third kappa shape index (κ3) is 6.46. The second-order valence-corrected chi connectivity index (χ2v) is 7.46. The Morgan fingerprint density at radius 3 is 2.46 bits per heavy atom. The quantitative estimate of drug-likeness (QED) is 0.608. The van der Waals surface area contributed by atoms with E-state index in [1.54, 1.807) is 0 Å². The molecule has 134 valence electrons. The third-order valence-corrected chi connectivity index (χ3v) is 5.04. The van der Waals surface area contributed by atoms with Crippen LogP contribution in [0, 0.1) is 5.82 Å². The van der Waals surface area contributed by atoms with Crippen molar-refractivity contribution in [3.05, 3.63) is 30.1 Å². The number of sulfonamides is 1. The van der Waals surface area contributed by atoms with Crippen LogP contribution in [0.4, 0.5) is 4.39 Å². The summed E-state index contributed by atoms with van der Waals surface area (Å²) < 4.78 is 43.5. The number of hydrogen-bond acceptors (Lipinski definition) is 6. The zero-order valence-electron chi connectivity index (χ0n) is 13.2. The molecule has 0 saturated carbocycles. The largest absolute Gasteiger partial charge is 0.467 e. The summed E-state index contributed by atoms with van der Waals surface area (Å²) >= 11 is 1.50. The molecule has 1 atom stereocenters. The molecule has 24 heavy (non-hydrogen) atoms. The number of hydrogen-bond donors (Lipinski definition) is 2. The molecule has 0 spiro atoms. The topological polar surface area (TPSA) is 102 Å². The van der Waals surface area contributed by atoms with E-state index >= 15 is 0 Å². The molecule has 0 bridgehead atoms. The first-order valence-corrected chi connectivity index (χ1v) is 9.79. The average molecular weight is 378 g/mol. The van der Waals surface area contributed by atoms with Crippen molar-refractivity contribution in [2.24, 2.45) is 0 Å². The molecule has 1 rings (SSSR count). The molecule has 1 amide bonds. The highest BCUT2D eigenvalue weighted by Crippen LogP contribution is 2.09. The number of thioether (sulfide) groups is 1. The molecule has 0 aromatic heterocycles. The van der Waals surface area contributed by atoms with Gasteiger partial charge in [-0.25, -0.2) is 22.3 Å². The first-order chi connectivity index (χ1) is 11.3. The van der Waals surface area contributed by atoms with Gasteiger partial charge in [0.1, 0.15) is 11.9 Å². The molecule has 0 aliphatic heterocycles. The predicted octanol–water partition coefficient (Wildman–Crippen LogP) is 0.515. The molecule has 7 nitrogen and oxygen atoms in total. The van der Waals surface area contributed by atoms with Gasteiger partial charge in [0.2, 0.25) is 15.9 Å². The van der Waals surface area contributed by atoms with E-state index in [0.717, 1.165) is 24.3 Å². The van der Waals surface area contributed by atoms with E-state index in [0.29, 0.717) is 12.2 Å². The van der Waals surface area contributed by atoms with E-state index in [2.05, 4.69) is 14.8 Å². The Morgan fingerprint density at radius 2 is 1.92 bits per heavy atom. The Bertz CT molecular complexity index is 664. The van der Waals surface area contributed by atoms with Crippen molar-refractivity contribution >= 4 is 33.7 Å². The monoisotopic (exact) mass is 378 g/mol. The number of benzene rings is 1. The fourth-order valence-corrected chi connectivity index (χ4v) is 3.18. The van der Waals surface area contributed by atoms with Gasteiger partial charge in [-0.05, 0) is 42.7 Å². The number of methoxy groups -OCH3 is 1. The number of rotatable bonds is 9. The third-order valence-electron chi connectivity index (χ3n) is 2.98. The van der Waals surface area contributed by atoms with Crippen LogP contribution in [-0.2, 0) is 24.3 Å². The molecule has 0 heterocycles. The zero-order valence-corrected chi connectivity index (χ0v) is 14.9. The Morgan fingerprint density at radius 1 is 1.29 bits per heavy atom. The summed E-state index contributed by atoms with van der Waals surface area (Å²) in [6.07, 6.45) is 2.22. The second kappa shape index (κ2) is 9.60. The van der Waals surface area contributed by atoms with Crippen LogP contribution in [0.25, 0.3) is 0 Å². The van der Waals surface area contributed by atoms with Crippen molar-refractivity contribution in [1.82, 2.24) is 10.0 Å². The Hall–Kier alpha value is -1.65. The molecule has 0 saturated heterocycles. The van der Waals surface area contributed by atoms with Crippen molar-refractivity contribution in [2.75, 3.05) is 25.7 Å². The van der Waals surface area contributed by atoms with Gasteiger partial charge in [0.05, 0.1) is 18.6 Å². The smallest absolute Gasteiger partial charge is 0.328 e. The number of carbonyl (C=O) groups excluding carboxylic acids is 2. The van der Waals surface area contributed by atoms with Crippen molar-refractivity contribution in [3.8, 4) is 0 Å². The fraction of sp³-hybridized carbons (Fsp3) is 0.429. The molecule has 0 radical (unpaired) electrons. The lowest BCUT2D eigenvalue weighted by atomic mass is 10.2. The van der Waals surface area contributed by atoms with Gasteiger partial charge >= 0.3 is 5.97 Å². The molecule has 2 N–H and O–H groups in total. The molecule has 0 unspecified atom stereocenters. The van der Waals surface area contributed by atoms with Gasteiger partial charge in [0.15, 0.2) is 0 Å². The van der Waals surface area contributed by atoms with Crippen LogP contribution in [0.3, 0.4) is 0 Å². The molecule has 1 aromatic rings. The van der Waals surface area contributed by atoms with Gasteiger partial charge in [-0.1, -0.05) is 0 Å². The maximum Gasteiger partial charge on any atom is 0.328 e.